The molecule has 0 amide bonds. The Bertz CT molecular complexity index is 702. The fourth-order valence-electron chi connectivity index (χ4n) is 3.10. The summed E-state index contributed by atoms with van der Waals surface area (Å²) in [4.78, 5) is 0.163. The van der Waals surface area contributed by atoms with E-state index in [0.717, 1.165) is 31.2 Å². The van der Waals surface area contributed by atoms with Gasteiger partial charge < -0.3 is 0 Å². The SMILES string of the molecule is Cc1cccc2c1N(N)C(C1CCCCC1Cl)=NS2(=O)=O. The second-order valence-electron chi connectivity index (χ2n) is 5.62. The number of hydrazine groups is 1. The molecule has 0 saturated heterocycles. The largest absolute Gasteiger partial charge is 0.286 e. The van der Waals surface area contributed by atoms with E-state index < -0.39 is 10.0 Å². The highest BCUT2D eigenvalue weighted by Crippen LogP contribution is 2.38. The number of para-hydroxylation sites is 1. The first-order valence-electron chi connectivity index (χ1n) is 7.05. The zero-order valence-electron chi connectivity index (χ0n) is 11.8. The van der Waals surface area contributed by atoms with Gasteiger partial charge in [-0.3, -0.25) is 5.01 Å². The van der Waals surface area contributed by atoms with Gasteiger partial charge in [-0.25, -0.2) is 5.84 Å². The molecule has 7 heteroatoms. The second-order valence-corrected chi connectivity index (χ2v) is 7.76. The number of hydrogen-bond donors (Lipinski definition) is 1. The molecule has 2 atom stereocenters. The number of nitrogens with two attached hydrogens (primary N) is 1. The van der Waals surface area contributed by atoms with Crippen molar-refractivity contribution >= 4 is 33.1 Å². The number of fused-ring (bicyclic) bond motifs is 1. The summed E-state index contributed by atoms with van der Waals surface area (Å²) < 4.78 is 28.8. The predicted octanol–water partition coefficient (Wildman–Crippen LogP) is 2.57. The van der Waals surface area contributed by atoms with Crippen molar-refractivity contribution in [3.63, 3.8) is 0 Å². The lowest BCUT2D eigenvalue weighted by molar-refractivity contribution is 0.442. The first-order chi connectivity index (χ1) is 9.92. The quantitative estimate of drug-likeness (QED) is 0.635. The van der Waals surface area contributed by atoms with Crippen LogP contribution in [0, 0.1) is 12.8 Å². The minimum Gasteiger partial charge on any atom is -0.263 e. The Balaban J connectivity index is 2.12. The molecule has 1 aliphatic heterocycles. The minimum absolute atomic E-state index is 0.118. The summed E-state index contributed by atoms with van der Waals surface area (Å²) in [5.41, 5.74) is 1.32. The standard InChI is InChI=1S/C14H18ClN3O2S/c1-9-5-4-8-12-13(9)18(16)14(17-21(12,19)20)10-6-2-3-7-11(10)15/h4-5,8,10-11H,2-3,6-7,16H2,1H3. The topological polar surface area (TPSA) is 75.8 Å². The molecule has 1 heterocycles. The van der Waals surface area contributed by atoms with Crippen LogP contribution in [0.5, 0.6) is 0 Å². The van der Waals surface area contributed by atoms with Crippen LogP contribution in [0.3, 0.4) is 0 Å². The summed E-state index contributed by atoms with van der Waals surface area (Å²) in [6.07, 6.45) is 3.75. The molecule has 0 radical (unpaired) electrons. The van der Waals surface area contributed by atoms with Crippen molar-refractivity contribution in [3.8, 4) is 0 Å². The zero-order valence-corrected chi connectivity index (χ0v) is 13.4. The van der Waals surface area contributed by atoms with Crippen LogP contribution < -0.4 is 10.9 Å². The Morgan fingerprint density at radius 1 is 1.33 bits per heavy atom. The fraction of sp³-hybridized carbons (Fsp3) is 0.500. The van der Waals surface area contributed by atoms with Gasteiger partial charge in [0, 0.05) is 11.3 Å². The molecule has 1 saturated carbocycles. The smallest absolute Gasteiger partial charge is 0.263 e. The highest BCUT2D eigenvalue weighted by atomic mass is 35.5. The molecule has 2 aliphatic rings. The Morgan fingerprint density at radius 3 is 2.76 bits per heavy atom. The minimum atomic E-state index is -3.71. The van der Waals surface area contributed by atoms with Gasteiger partial charge in [0.25, 0.3) is 10.0 Å². The van der Waals surface area contributed by atoms with E-state index in [2.05, 4.69) is 4.40 Å². The van der Waals surface area contributed by atoms with Gasteiger partial charge in [0.1, 0.15) is 10.7 Å². The number of halogens is 1. The molecule has 5 nitrogen and oxygen atoms in total. The van der Waals surface area contributed by atoms with Crippen LogP contribution in [-0.2, 0) is 10.0 Å². The van der Waals surface area contributed by atoms with Gasteiger partial charge in [0.15, 0.2) is 0 Å². The predicted molar refractivity (Wildman–Crippen MR) is 84.1 cm³/mol. The summed E-state index contributed by atoms with van der Waals surface area (Å²) in [6.45, 7) is 1.84. The molecule has 0 bridgehead atoms. The van der Waals surface area contributed by atoms with E-state index in [0.29, 0.717) is 11.5 Å². The highest BCUT2D eigenvalue weighted by Gasteiger charge is 2.37. The molecule has 0 aromatic heterocycles. The third-order valence-corrected chi connectivity index (χ3v) is 6.03. The van der Waals surface area contributed by atoms with Crippen LogP contribution >= 0.6 is 11.6 Å². The lowest BCUT2D eigenvalue weighted by Crippen LogP contribution is -2.48. The maximum Gasteiger partial charge on any atom is 0.286 e. The van der Waals surface area contributed by atoms with Crippen molar-refractivity contribution in [1.82, 2.24) is 0 Å². The number of anilines is 1. The number of sulfonamides is 1. The van der Waals surface area contributed by atoms with Crippen LogP contribution in [0.2, 0.25) is 0 Å². The van der Waals surface area contributed by atoms with Gasteiger partial charge in [-0.2, -0.15) is 8.42 Å². The molecule has 0 spiro atoms. The fourth-order valence-corrected chi connectivity index (χ4v) is 4.82. The lowest BCUT2D eigenvalue weighted by Gasteiger charge is -2.35. The van der Waals surface area contributed by atoms with Crippen molar-refractivity contribution < 1.29 is 8.42 Å². The Morgan fingerprint density at radius 2 is 2.05 bits per heavy atom. The normalized spacial score (nSPS) is 28.0. The molecule has 1 aliphatic carbocycles. The van der Waals surface area contributed by atoms with Crippen LogP contribution in [0.1, 0.15) is 31.2 Å². The number of rotatable bonds is 1. The summed E-state index contributed by atoms with van der Waals surface area (Å²) >= 11 is 6.38. The molecule has 2 N–H and O–H groups in total. The number of aryl methyl sites for hydroxylation is 1. The maximum atomic E-state index is 12.4. The van der Waals surface area contributed by atoms with Crippen molar-refractivity contribution in [2.75, 3.05) is 5.01 Å². The van der Waals surface area contributed by atoms with E-state index in [-0.39, 0.29) is 16.2 Å². The van der Waals surface area contributed by atoms with E-state index in [1.807, 2.05) is 13.0 Å². The van der Waals surface area contributed by atoms with Gasteiger partial charge in [0.05, 0.1) is 5.69 Å². The first kappa shape index (κ1) is 14.8. The summed E-state index contributed by atoms with van der Waals surface area (Å²) in [5.74, 6) is 6.44. The van der Waals surface area contributed by atoms with Gasteiger partial charge in [-0.05, 0) is 31.4 Å². The molecule has 1 fully saturated rings. The number of alkyl halides is 1. The van der Waals surface area contributed by atoms with Crippen LogP contribution in [0.15, 0.2) is 27.5 Å². The third kappa shape index (κ3) is 2.45. The Hall–Kier alpha value is -1.11. The number of benzene rings is 1. The second kappa shape index (κ2) is 5.26. The molecule has 2 unspecified atom stereocenters. The summed E-state index contributed by atoms with van der Waals surface area (Å²) in [5, 5.41) is 1.29. The van der Waals surface area contributed by atoms with Gasteiger partial charge in [0.2, 0.25) is 0 Å². The molecular weight excluding hydrogens is 310 g/mol. The van der Waals surface area contributed by atoms with Crippen LogP contribution in [0.25, 0.3) is 0 Å². The highest BCUT2D eigenvalue weighted by molar-refractivity contribution is 7.90. The van der Waals surface area contributed by atoms with E-state index in [1.165, 1.54) is 11.1 Å². The van der Waals surface area contributed by atoms with Crippen molar-refractivity contribution in [2.45, 2.75) is 42.9 Å². The number of hydrogen-bond acceptors (Lipinski definition) is 4. The monoisotopic (exact) mass is 327 g/mol. The van der Waals surface area contributed by atoms with Crippen LogP contribution in [-0.4, -0.2) is 19.6 Å². The molecule has 3 rings (SSSR count). The first-order valence-corrected chi connectivity index (χ1v) is 8.93. The van der Waals surface area contributed by atoms with E-state index in [9.17, 15) is 8.42 Å². The summed E-state index contributed by atoms with van der Waals surface area (Å²) in [6, 6.07) is 5.08. The van der Waals surface area contributed by atoms with Gasteiger partial charge in [-0.1, -0.05) is 25.0 Å². The molecule has 114 valence electrons. The van der Waals surface area contributed by atoms with E-state index in [4.69, 9.17) is 17.4 Å². The van der Waals surface area contributed by atoms with Crippen molar-refractivity contribution in [3.05, 3.63) is 23.8 Å². The molecular formula is C14H18ClN3O2S. The average molecular weight is 328 g/mol. The average Bonchev–Trinajstić information content (AvgIpc) is 2.44. The molecule has 1 aromatic carbocycles. The number of amidine groups is 1. The van der Waals surface area contributed by atoms with E-state index >= 15 is 0 Å². The van der Waals surface area contributed by atoms with Crippen LogP contribution in [0.4, 0.5) is 5.69 Å². The Kier molecular flexibility index (Phi) is 3.71. The van der Waals surface area contributed by atoms with Crippen molar-refractivity contribution in [2.24, 2.45) is 16.2 Å². The van der Waals surface area contributed by atoms with E-state index in [1.54, 1.807) is 6.07 Å². The van der Waals surface area contributed by atoms with Gasteiger partial charge >= 0.3 is 0 Å². The molecule has 1 aromatic rings. The Labute approximate surface area is 129 Å². The molecule has 21 heavy (non-hydrogen) atoms. The summed E-state index contributed by atoms with van der Waals surface area (Å²) in [7, 11) is -3.71. The maximum absolute atomic E-state index is 12.4. The third-order valence-electron chi connectivity index (χ3n) is 4.19. The zero-order chi connectivity index (χ0) is 15.2. The van der Waals surface area contributed by atoms with Gasteiger partial charge in [-0.15, -0.1) is 16.0 Å². The number of nitrogens with zero attached hydrogens (tertiary/aromatic N) is 2. The van der Waals surface area contributed by atoms with Crippen molar-refractivity contribution in [1.29, 1.82) is 0 Å². The lowest BCUT2D eigenvalue weighted by atomic mass is 9.87.